The van der Waals surface area contributed by atoms with Gasteiger partial charge in [0.1, 0.15) is 5.02 Å². The van der Waals surface area contributed by atoms with Crippen molar-refractivity contribution in [1.29, 1.82) is 0 Å². The highest BCUT2D eigenvalue weighted by Gasteiger charge is 2.18. The molecule has 0 saturated carbocycles. The van der Waals surface area contributed by atoms with E-state index < -0.39 is 0 Å². The molecule has 0 saturated heterocycles. The molecule has 1 aromatic carbocycles. The number of pyridine rings is 1. The maximum Gasteiger partial charge on any atom is 0.306 e. The molecule has 2 nitrogen and oxygen atoms in total. The molecule has 0 aliphatic rings. The van der Waals surface area contributed by atoms with E-state index in [9.17, 15) is 5.21 Å². The molecule has 0 amide bonds. The molecular formula is C11H6Cl3NO. The second-order valence-corrected chi connectivity index (χ2v) is 4.27. The molecule has 0 bridgehead atoms. The van der Waals surface area contributed by atoms with Crippen LogP contribution in [-0.4, -0.2) is 0 Å². The number of halogens is 3. The zero-order valence-corrected chi connectivity index (χ0v) is 10.2. The van der Waals surface area contributed by atoms with Crippen molar-refractivity contribution < 1.29 is 4.73 Å². The lowest BCUT2D eigenvalue weighted by atomic mass is 10.1. The van der Waals surface area contributed by atoms with Gasteiger partial charge < -0.3 is 5.21 Å². The number of rotatable bonds is 1. The Labute approximate surface area is 108 Å². The van der Waals surface area contributed by atoms with Gasteiger partial charge in [0, 0.05) is 0 Å². The van der Waals surface area contributed by atoms with Gasteiger partial charge in [0.15, 0.2) is 6.20 Å². The lowest BCUT2D eigenvalue weighted by molar-refractivity contribution is -0.602. The molecule has 0 unspecified atom stereocenters. The number of aromatic nitrogens is 1. The van der Waals surface area contributed by atoms with E-state index in [0.29, 0.717) is 10.3 Å². The molecule has 0 spiro atoms. The van der Waals surface area contributed by atoms with Crippen LogP contribution in [0.4, 0.5) is 0 Å². The summed E-state index contributed by atoms with van der Waals surface area (Å²) in [6.45, 7) is 0. The van der Waals surface area contributed by atoms with Crippen LogP contribution in [0.1, 0.15) is 0 Å². The van der Waals surface area contributed by atoms with Crippen LogP contribution < -0.4 is 4.73 Å². The second-order valence-electron chi connectivity index (χ2n) is 3.15. The molecule has 16 heavy (non-hydrogen) atoms. The molecule has 0 N–H and O–H groups in total. The van der Waals surface area contributed by atoms with Crippen molar-refractivity contribution in [3.05, 3.63) is 56.9 Å². The monoisotopic (exact) mass is 273 g/mol. The summed E-state index contributed by atoms with van der Waals surface area (Å²) in [5.41, 5.74) is 1.38. The number of nitrogens with zero attached hydrogens (tertiary/aromatic N) is 1. The van der Waals surface area contributed by atoms with Crippen LogP contribution in [0.25, 0.3) is 11.1 Å². The first-order valence-corrected chi connectivity index (χ1v) is 5.56. The lowest BCUT2D eigenvalue weighted by Crippen LogP contribution is -2.27. The number of hydrogen-bond acceptors (Lipinski definition) is 1. The van der Waals surface area contributed by atoms with Crippen molar-refractivity contribution in [3.63, 3.8) is 0 Å². The minimum Gasteiger partial charge on any atom is -0.618 e. The Hall–Kier alpha value is -0.960. The van der Waals surface area contributed by atoms with E-state index in [1.807, 2.05) is 30.3 Å². The maximum absolute atomic E-state index is 11.4. The Bertz CT molecular complexity index is 528. The fourth-order valence-electron chi connectivity index (χ4n) is 1.36. The summed E-state index contributed by atoms with van der Waals surface area (Å²) in [5, 5.41) is 11.7. The highest BCUT2D eigenvalue weighted by molar-refractivity contribution is 6.48. The summed E-state index contributed by atoms with van der Waals surface area (Å²) < 4.78 is 0.498. The Kier molecular flexibility index (Phi) is 3.24. The van der Waals surface area contributed by atoms with E-state index >= 15 is 0 Å². The second kappa shape index (κ2) is 4.50. The van der Waals surface area contributed by atoms with Gasteiger partial charge in [-0.1, -0.05) is 53.5 Å². The summed E-state index contributed by atoms with van der Waals surface area (Å²) in [4.78, 5) is 0. The Balaban J connectivity index is 2.68. The van der Waals surface area contributed by atoms with Crippen molar-refractivity contribution in [1.82, 2.24) is 0 Å². The minimum absolute atomic E-state index is 0.0692. The third kappa shape index (κ3) is 1.96. The standard InChI is InChI=1S/C11H6Cl3NO/c12-9-8(7-4-2-1-3-5-7)6-15(16)11(14)10(9)13/h1-6H. The predicted octanol–water partition coefficient (Wildman–Crippen LogP) is 3.95. The molecule has 1 heterocycles. The van der Waals surface area contributed by atoms with Gasteiger partial charge in [0.2, 0.25) is 0 Å². The van der Waals surface area contributed by atoms with Gasteiger partial charge in [-0.25, -0.2) is 0 Å². The quantitative estimate of drug-likeness (QED) is 0.439. The molecular weight excluding hydrogens is 268 g/mol. The first-order chi connectivity index (χ1) is 7.61. The van der Waals surface area contributed by atoms with Gasteiger partial charge in [0.25, 0.3) is 0 Å². The highest BCUT2D eigenvalue weighted by atomic mass is 35.5. The Morgan fingerprint density at radius 1 is 0.938 bits per heavy atom. The van der Waals surface area contributed by atoms with Crippen LogP contribution in [0.5, 0.6) is 0 Å². The lowest BCUT2D eigenvalue weighted by Gasteiger charge is -2.07. The van der Waals surface area contributed by atoms with Crippen LogP contribution in [0.15, 0.2) is 36.5 Å². The maximum atomic E-state index is 11.4. The molecule has 82 valence electrons. The van der Waals surface area contributed by atoms with Crippen molar-refractivity contribution in [2.45, 2.75) is 0 Å². The van der Waals surface area contributed by atoms with Gasteiger partial charge in [-0.15, -0.1) is 0 Å². The summed E-state index contributed by atoms with van der Waals surface area (Å²) in [7, 11) is 0. The highest BCUT2D eigenvalue weighted by Crippen LogP contribution is 2.35. The van der Waals surface area contributed by atoms with Gasteiger partial charge in [-0.3, -0.25) is 0 Å². The minimum atomic E-state index is -0.119. The van der Waals surface area contributed by atoms with Crippen LogP contribution in [0.3, 0.4) is 0 Å². The van der Waals surface area contributed by atoms with Gasteiger partial charge in [-0.05, 0) is 17.2 Å². The van der Waals surface area contributed by atoms with Gasteiger partial charge in [-0.2, -0.15) is 4.73 Å². The molecule has 2 rings (SSSR count). The smallest absolute Gasteiger partial charge is 0.306 e. The topological polar surface area (TPSA) is 26.9 Å². The van der Waals surface area contributed by atoms with Crippen LogP contribution in [0.2, 0.25) is 15.2 Å². The summed E-state index contributed by atoms with van der Waals surface area (Å²) in [6, 6.07) is 9.25. The van der Waals surface area contributed by atoms with E-state index in [4.69, 9.17) is 34.8 Å². The van der Waals surface area contributed by atoms with Gasteiger partial charge >= 0.3 is 5.15 Å². The van der Waals surface area contributed by atoms with Crippen molar-refractivity contribution in [2.24, 2.45) is 0 Å². The zero-order valence-electron chi connectivity index (χ0n) is 7.95. The average Bonchev–Trinajstić information content (AvgIpc) is 2.32. The third-order valence-corrected chi connectivity index (χ3v) is 3.44. The van der Waals surface area contributed by atoms with Crippen molar-refractivity contribution in [3.8, 4) is 11.1 Å². The molecule has 0 atom stereocenters. The molecule has 0 aliphatic carbocycles. The third-order valence-electron chi connectivity index (χ3n) is 2.13. The number of benzene rings is 1. The molecule has 0 fully saturated rings. The Morgan fingerprint density at radius 2 is 1.56 bits per heavy atom. The summed E-state index contributed by atoms with van der Waals surface area (Å²) >= 11 is 17.6. The van der Waals surface area contributed by atoms with Crippen molar-refractivity contribution >= 4 is 34.8 Å². The average molecular weight is 275 g/mol. The fourth-order valence-corrected chi connectivity index (χ4v) is 1.98. The predicted molar refractivity (Wildman–Crippen MR) is 65.9 cm³/mol. The SMILES string of the molecule is [O-][n+]1cc(-c2ccccc2)c(Cl)c(Cl)c1Cl. The van der Waals surface area contributed by atoms with E-state index in [1.54, 1.807) is 0 Å². The molecule has 0 radical (unpaired) electrons. The van der Waals surface area contributed by atoms with Crippen LogP contribution in [0, 0.1) is 5.21 Å². The normalized spacial score (nSPS) is 10.4. The zero-order chi connectivity index (χ0) is 11.7. The Morgan fingerprint density at radius 3 is 2.19 bits per heavy atom. The molecule has 2 aromatic rings. The van der Waals surface area contributed by atoms with E-state index in [0.717, 1.165) is 5.56 Å². The molecule has 0 aliphatic heterocycles. The summed E-state index contributed by atoms with van der Waals surface area (Å²) in [5.74, 6) is 0. The first kappa shape index (κ1) is 11.5. The fraction of sp³-hybridized carbons (Fsp3) is 0. The van der Waals surface area contributed by atoms with E-state index in [2.05, 4.69) is 0 Å². The van der Waals surface area contributed by atoms with Crippen molar-refractivity contribution in [2.75, 3.05) is 0 Å². The first-order valence-electron chi connectivity index (χ1n) is 4.43. The largest absolute Gasteiger partial charge is 0.618 e. The van der Waals surface area contributed by atoms with E-state index in [1.165, 1.54) is 6.20 Å². The van der Waals surface area contributed by atoms with Crippen LogP contribution >= 0.6 is 34.8 Å². The summed E-state index contributed by atoms with van der Waals surface area (Å²) in [6.07, 6.45) is 1.31. The van der Waals surface area contributed by atoms with E-state index in [-0.39, 0.29) is 15.2 Å². The van der Waals surface area contributed by atoms with Gasteiger partial charge in [0.05, 0.1) is 10.6 Å². The van der Waals surface area contributed by atoms with Crippen LogP contribution in [-0.2, 0) is 0 Å². The molecule has 1 aromatic heterocycles. The number of hydrogen-bond donors (Lipinski definition) is 0. The molecule has 5 heteroatoms.